The minimum Gasteiger partial charge on any atom is -0.481 e. The first-order chi connectivity index (χ1) is 23.6. The van der Waals surface area contributed by atoms with Crippen LogP contribution in [0, 0.1) is 17.5 Å². The Labute approximate surface area is 275 Å². The molecule has 0 radical (unpaired) electrons. The number of H-pyrrole nitrogens is 2. The highest BCUT2D eigenvalue weighted by Crippen LogP contribution is 2.39. The normalized spacial score (nSPS) is 16.3. The van der Waals surface area contributed by atoms with Gasteiger partial charge in [0.25, 0.3) is 5.92 Å². The molecule has 6 bridgehead atoms. The molecule has 3 aromatic heterocycles. The molecule has 4 heterocycles. The number of ether oxygens (including phenoxy) is 1. The van der Waals surface area contributed by atoms with Crippen LogP contribution >= 0.6 is 0 Å². The molecule has 0 saturated heterocycles. The van der Waals surface area contributed by atoms with Gasteiger partial charge in [-0.25, -0.2) is 22.8 Å². The number of aromatic nitrogens is 6. The second kappa shape index (κ2) is 12.8. The van der Waals surface area contributed by atoms with E-state index in [1.165, 1.54) is 35.1 Å². The first-order valence-corrected chi connectivity index (χ1v) is 15.7. The summed E-state index contributed by atoms with van der Waals surface area (Å²) in [6, 6.07) is 11.4. The lowest BCUT2D eigenvalue weighted by Crippen LogP contribution is -2.14. The van der Waals surface area contributed by atoms with Gasteiger partial charge in [-0.15, -0.1) is 5.10 Å². The maximum Gasteiger partial charge on any atom is 0.303 e. The van der Waals surface area contributed by atoms with Crippen LogP contribution in [-0.4, -0.2) is 41.0 Å². The molecular weight excluding hydrogens is 647 g/mol. The second-order valence-electron chi connectivity index (χ2n) is 12.1. The largest absolute Gasteiger partial charge is 0.481 e. The van der Waals surface area contributed by atoms with Gasteiger partial charge in [-0.2, -0.15) is 8.78 Å². The van der Waals surface area contributed by atoms with E-state index in [0.717, 1.165) is 12.3 Å². The van der Waals surface area contributed by atoms with Gasteiger partial charge in [0.15, 0.2) is 17.3 Å². The van der Waals surface area contributed by atoms with Gasteiger partial charge in [-0.05, 0) is 54.7 Å². The van der Waals surface area contributed by atoms with E-state index in [9.17, 15) is 4.79 Å². The molecule has 7 rings (SSSR count). The predicted molar refractivity (Wildman–Crippen MR) is 168 cm³/mol. The molecule has 1 atom stereocenters. The van der Waals surface area contributed by atoms with Crippen LogP contribution in [0.2, 0.25) is 0 Å². The van der Waals surface area contributed by atoms with Crippen molar-refractivity contribution < 1.29 is 36.6 Å². The second-order valence-corrected chi connectivity index (χ2v) is 12.1. The topological polar surface area (TPSA) is 122 Å². The van der Waals surface area contributed by atoms with Crippen molar-refractivity contribution in [3.63, 3.8) is 0 Å². The number of nitrogens with zero attached hydrogens (tertiary/aromatic N) is 4. The van der Waals surface area contributed by atoms with Gasteiger partial charge in [0, 0.05) is 59.4 Å². The van der Waals surface area contributed by atoms with Crippen LogP contribution in [0.25, 0.3) is 22.3 Å². The average Bonchev–Trinajstić information content (AvgIpc) is 3.85. The van der Waals surface area contributed by atoms with Gasteiger partial charge in [0.2, 0.25) is 0 Å². The Morgan fingerprint density at radius 1 is 1.08 bits per heavy atom. The van der Waals surface area contributed by atoms with E-state index in [1.807, 2.05) is 0 Å². The molecule has 9 nitrogen and oxygen atoms in total. The van der Waals surface area contributed by atoms with E-state index in [-0.39, 0.29) is 72.7 Å². The summed E-state index contributed by atoms with van der Waals surface area (Å²) in [7, 11) is 0. The van der Waals surface area contributed by atoms with Gasteiger partial charge in [-0.1, -0.05) is 29.8 Å². The zero-order valence-corrected chi connectivity index (χ0v) is 25.8. The van der Waals surface area contributed by atoms with Crippen LogP contribution in [0.15, 0.2) is 67.1 Å². The molecule has 0 aliphatic carbocycles. The summed E-state index contributed by atoms with van der Waals surface area (Å²) >= 11 is 0. The highest BCUT2D eigenvalue weighted by Gasteiger charge is 2.35. The Hall–Kier alpha value is -5.53. The molecule has 1 aliphatic heterocycles. The van der Waals surface area contributed by atoms with Crippen LogP contribution in [-0.2, 0) is 23.7 Å². The molecule has 0 fully saturated rings. The number of aromatic amines is 2. The predicted octanol–water partition coefficient (Wildman–Crippen LogP) is 8.22. The average molecular weight is 677 g/mol. The van der Waals surface area contributed by atoms with Crippen molar-refractivity contribution in [2.45, 2.75) is 56.9 Å². The first kappa shape index (κ1) is 32.0. The number of carboxylic acids is 1. The first-order valence-electron chi connectivity index (χ1n) is 15.7. The van der Waals surface area contributed by atoms with Crippen LogP contribution in [0.3, 0.4) is 0 Å². The maximum atomic E-state index is 15.9. The van der Waals surface area contributed by atoms with Crippen LogP contribution < -0.4 is 4.74 Å². The lowest BCUT2D eigenvalue weighted by molar-refractivity contribution is -0.136. The Kier molecular flexibility index (Phi) is 8.38. The Morgan fingerprint density at radius 3 is 2.78 bits per heavy atom. The highest BCUT2D eigenvalue weighted by atomic mass is 19.3. The maximum absolute atomic E-state index is 15.9. The molecule has 1 aliphatic rings. The SMILES string of the molecule is O=C(O)CCc1cccc(C2CCCCC(F)(F)c3cn(nn3)Cc3c(c(F)cc4[nH]ccc34)Oc3ccc(F)c(c3)-c3ncc2[nH]3)c1F. The number of carbonyl (C=O) groups is 1. The summed E-state index contributed by atoms with van der Waals surface area (Å²) in [5, 5.41) is 17.3. The molecule has 49 heavy (non-hydrogen) atoms. The summed E-state index contributed by atoms with van der Waals surface area (Å²) in [4.78, 5) is 21.6. The Bertz CT molecular complexity index is 2170. The van der Waals surface area contributed by atoms with Gasteiger partial charge in [0.1, 0.15) is 23.2 Å². The monoisotopic (exact) mass is 676 g/mol. The summed E-state index contributed by atoms with van der Waals surface area (Å²) in [6.45, 7) is -0.154. The van der Waals surface area contributed by atoms with Crippen molar-refractivity contribution >= 4 is 16.9 Å². The third-order valence-electron chi connectivity index (χ3n) is 8.81. The smallest absolute Gasteiger partial charge is 0.303 e. The van der Waals surface area contributed by atoms with Crippen molar-refractivity contribution in [1.82, 2.24) is 29.9 Å². The summed E-state index contributed by atoms with van der Waals surface area (Å²) in [6.07, 6.45) is 3.77. The van der Waals surface area contributed by atoms with E-state index < -0.39 is 47.4 Å². The minimum absolute atomic E-state index is 0.00124. The quantitative estimate of drug-likeness (QED) is 0.162. The fraction of sp³-hybridized carbons (Fsp3) is 0.257. The number of hydrogen-bond acceptors (Lipinski definition) is 5. The third-order valence-corrected chi connectivity index (χ3v) is 8.81. The highest BCUT2D eigenvalue weighted by molar-refractivity contribution is 5.85. The number of imidazole rings is 1. The third kappa shape index (κ3) is 6.37. The van der Waals surface area contributed by atoms with Gasteiger partial charge < -0.3 is 19.8 Å². The standard InChI is InChI=1S/C35H29F5N6O3/c36-26-9-8-20-14-24(26)34-42-16-29(43-34)21(23-6-3-4-19(32(23)38)7-10-31(47)48)5-1-2-12-35(39,40)30-18-46(45-44-30)17-25-22-11-13-41-28(22)15-27(37)33(25)49-20/h3-4,6,8-9,11,13-16,18,21,41H,1-2,5,7,10,12,17H2,(H,42,43)(H,47,48). The van der Waals surface area contributed by atoms with Crippen molar-refractivity contribution in [1.29, 1.82) is 0 Å². The van der Waals surface area contributed by atoms with Crippen LogP contribution in [0.4, 0.5) is 22.0 Å². The van der Waals surface area contributed by atoms with E-state index in [1.54, 1.807) is 24.4 Å². The molecule has 3 N–H and O–H groups in total. The van der Waals surface area contributed by atoms with Crippen LogP contribution in [0.1, 0.15) is 66.1 Å². The number of aryl methyl sites for hydroxylation is 1. The molecule has 0 saturated carbocycles. The molecule has 1 unspecified atom stereocenters. The molecular formula is C35H29F5N6O3. The van der Waals surface area contributed by atoms with Gasteiger partial charge in [-0.3, -0.25) is 4.79 Å². The number of alkyl halides is 2. The summed E-state index contributed by atoms with van der Waals surface area (Å²) < 4.78 is 84.8. The number of carboxylic acid groups (broad SMARTS) is 1. The number of halogens is 5. The molecule has 252 valence electrons. The molecule has 14 heteroatoms. The Balaban J connectivity index is 1.33. The number of rotatable bonds is 4. The number of hydrogen-bond donors (Lipinski definition) is 3. The fourth-order valence-electron chi connectivity index (χ4n) is 6.32. The minimum atomic E-state index is -3.35. The van der Waals surface area contributed by atoms with Crippen molar-refractivity contribution in [2.24, 2.45) is 0 Å². The van der Waals surface area contributed by atoms with E-state index in [4.69, 9.17) is 9.84 Å². The van der Waals surface area contributed by atoms with Crippen molar-refractivity contribution in [3.05, 3.63) is 113 Å². The van der Waals surface area contributed by atoms with Gasteiger partial charge in [0.05, 0.1) is 18.3 Å². The summed E-state index contributed by atoms with van der Waals surface area (Å²) in [5.74, 6) is -7.19. The number of fused-ring (bicyclic) bond motifs is 10. The lowest BCUT2D eigenvalue weighted by atomic mass is 9.88. The molecule has 6 aromatic rings. The summed E-state index contributed by atoms with van der Waals surface area (Å²) in [5.41, 5.74) is 1.02. The molecule has 0 spiro atoms. The zero-order valence-electron chi connectivity index (χ0n) is 25.8. The number of nitrogens with one attached hydrogen (secondary N) is 2. The van der Waals surface area contributed by atoms with E-state index >= 15 is 22.0 Å². The molecule has 3 aromatic carbocycles. The molecule has 0 amide bonds. The lowest BCUT2D eigenvalue weighted by Gasteiger charge is -2.19. The van der Waals surface area contributed by atoms with Crippen molar-refractivity contribution in [3.8, 4) is 22.9 Å². The van der Waals surface area contributed by atoms with E-state index in [2.05, 4.69) is 25.3 Å². The number of aliphatic carboxylic acids is 1. The Morgan fingerprint density at radius 2 is 1.94 bits per heavy atom. The van der Waals surface area contributed by atoms with E-state index in [0.29, 0.717) is 22.2 Å². The van der Waals surface area contributed by atoms with Crippen LogP contribution in [0.5, 0.6) is 11.5 Å². The van der Waals surface area contributed by atoms with Crippen molar-refractivity contribution in [2.75, 3.05) is 0 Å². The van der Waals surface area contributed by atoms with Gasteiger partial charge >= 0.3 is 5.97 Å². The zero-order chi connectivity index (χ0) is 34.3. The number of benzene rings is 3. The fourth-order valence-corrected chi connectivity index (χ4v) is 6.32.